The lowest BCUT2D eigenvalue weighted by Gasteiger charge is -2.20. The van der Waals surface area contributed by atoms with Crippen LogP contribution in [0.3, 0.4) is 0 Å². The Hall–Kier alpha value is -1.08. The summed E-state index contributed by atoms with van der Waals surface area (Å²) in [6.45, 7) is 1.75. The Labute approximate surface area is 123 Å². The maximum Gasteiger partial charge on any atom is 0.273 e. The van der Waals surface area contributed by atoms with Crippen LogP contribution in [-0.2, 0) is 6.54 Å². The monoisotopic (exact) mass is 297 g/mol. The number of thioether (sulfide) groups is 1. The van der Waals surface area contributed by atoms with Crippen molar-refractivity contribution in [2.24, 2.45) is 5.73 Å². The van der Waals surface area contributed by atoms with Gasteiger partial charge in [-0.25, -0.2) is 0 Å². The summed E-state index contributed by atoms with van der Waals surface area (Å²) in [4.78, 5) is 11.8. The Bertz CT molecular complexity index is 417. The van der Waals surface area contributed by atoms with Gasteiger partial charge in [0.05, 0.1) is 12.7 Å². The van der Waals surface area contributed by atoms with Crippen molar-refractivity contribution in [3.05, 3.63) is 11.9 Å². The van der Waals surface area contributed by atoms with Gasteiger partial charge in [0.25, 0.3) is 5.91 Å². The van der Waals surface area contributed by atoms with Gasteiger partial charge in [0.2, 0.25) is 0 Å². The number of aromatic nitrogens is 3. The van der Waals surface area contributed by atoms with E-state index in [9.17, 15) is 4.79 Å². The Morgan fingerprint density at radius 3 is 3.00 bits per heavy atom. The molecule has 1 saturated carbocycles. The maximum atomic E-state index is 11.8. The fourth-order valence-corrected chi connectivity index (χ4v) is 3.58. The lowest BCUT2D eigenvalue weighted by Crippen LogP contribution is -2.26. The highest BCUT2D eigenvalue weighted by Gasteiger charge is 2.14. The van der Waals surface area contributed by atoms with Crippen LogP contribution in [0.1, 0.15) is 42.6 Å². The molecular formula is C13H23N5OS. The van der Waals surface area contributed by atoms with E-state index in [-0.39, 0.29) is 5.91 Å². The largest absolute Gasteiger partial charge is 0.350 e. The molecule has 2 rings (SSSR count). The number of amides is 1. The number of nitrogens with one attached hydrogen (secondary N) is 1. The fourth-order valence-electron chi connectivity index (χ4n) is 2.36. The smallest absolute Gasteiger partial charge is 0.273 e. The van der Waals surface area contributed by atoms with Crippen LogP contribution in [0.25, 0.3) is 0 Å². The molecule has 0 bridgehead atoms. The molecule has 1 amide bonds. The van der Waals surface area contributed by atoms with E-state index in [0.29, 0.717) is 25.3 Å². The first kappa shape index (κ1) is 15.3. The van der Waals surface area contributed by atoms with Crippen LogP contribution in [0.4, 0.5) is 0 Å². The number of rotatable bonds is 7. The van der Waals surface area contributed by atoms with E-state index < -0.39 is 0 Å². The molecule has 7 heteroatoms. The first-order valence-corrected chi connectivity index (χ1v) is 8.34. The van der Waals surface area contributed by atoms with E-state index in [0.717, 1.165) is 11.0 Å². The summed E-state index contributed by atoms with van der Waals surface area (Å²) in [6, 6.07) is 0. The molecule has 0 aliphatic heterocycles. The molecule has 3 N–H and O–H groups in total. The zero-order chi connectivity index (χ0) is 14.2. The zero-order valence-electron chi connectivity index (χ0n) is 11.8. The minimum absolute atomic E-state index is 0.155. The van der Waals surface area contributed by atoms with Gasteiger partial charge in [0.15, 0.2) is 5.69 Å². The summed E-state index contributed by atoms with van der Waals surface area (Å²) in [5, 5.41) is 11.4. The number of carbonyl (C=O) groups is 1. The van der Waals surface area contributed by atoms with Crippen molar-refractivity contribution < 1.29 is 4.79 Å². The van der Waals surface area contributed by atoms with E-state index in [1.807, 2.05) is 11.8 Å². The molecule has 1 fully saturated rings. The van der Waals surface area contributed by atoms with Crippen molar-refractivity contribution in [3.63, 3.8) is 0 Å². The summed E-state index contributed by atoms with van der Waals surface area (Å²) in [5.41, 5.74) is 5.79. The number of carbonyl (C=O) groups excluding carboxylic acids is 1. The Morgan fingerprint density at radius 1 is 1.45 bits per heavy atom. The second-order valence-electron chi connectivity index (χ2n) is 5.04. The van der Waals surface area contributed by atoms with Gasteiger partial charge in [-0.05, 0) is 12.8 Å². The molecule has 0 atom stereocenters. The topological polar surface area (TPSA) is 85.8 Å². The molecule has 1 aromatic heterocycles. The summed E-state index contributed by atoms with van der Waals surface area (Å²) >= 11 is 1.98. The van der Waals surface area contributed by atoms with Crippen LogP contribution in [0, 0.1) is 0 Å². The van der Waals surface area contributed by atoms with Gasteiger partial charge < -0.3 is 11.1 Å². The van der Waals surface area contributed by atoms with E-state index in [1.165, 1.54) is 32.1 Å². The lowest BCUT2D eigenvalue weighted by molar-refractivity contribution is 0.0951. The summed E-state index contributed by atoms with van der Waals surface area (Å²) in [5.74, 6) is 0.811. The van der Waals surface area contributed by atoms with E-state index in [1.54, 1.807) is 10.9 Å². The van der Waals surface area contributed by atoms with Crippen LogP contribution in [0.15, 0.2) is 6.20 Å². The van der Waals surface area contributed by atoms with Crippen molar-refractivity contribution in [2.45, 2.75) is 43.9 Å². The van der Waals surface area contributed by atoms with Crippen LogP contribution in [0.2, 0.25) is 0 Å². The van der Waals surface area contributed by atoms with Gasteiger partial charge in [-0.1, -0.05) is 24.5 Å². The van der Waals surface area contributed by atoms with Crippen molar-refractivity contribution in [1.82, 2.24) is 20.3 Å². The highest BCUT2D eigenvalue weighted by molar-refractivity contribution is 7.99. The van der Waals surface area contributed by atoms with Crippen molar-refractivity contribution in [1.29, 1.82) is 0 Å². The third kappa shape index (κ3) is 4.79. The standard InChI is InChI=1S/C13H23N5OS/c14-6-8-18-10-12(16-17-18)13(19)15-7-9-20-11-4-2-1-3-5-11/h10-11H,1-9,14H2,(H,15,19). The van der Waals surface area contributed by atoms with Crippen LogP contribution in [0.5, 0.6) is 0 Å². The predicted octanol–water partition coefficient (Wildman–Crippen LogP) is 1.03. The molecule has 0 spiro atoms. The molecular weight excluding hydrogens is 274 g/mol. The molecule has 0 aromatic carbocycles. The van der Waals surface area contributed by atoms with Crippen molar-refractivity contribution >= 4 is 17.7 Å². The second-order valence-corrected chi connectivity index (χ2v) is 6.45. The van der Waals surface area contributed by atoms with E-state index in [4.69, 9.17) is 5.73 Å². The average Bonchev–Trinajstić information content (AvgIpc) is 2.94. The molecule has 0 unspecified atom stereocenters. The number of nitrogens with zero attached hydrogens (tertiary/aromatic N) is 3. The molecule has 1 heterocycles. The molecule has 1 aromatic rings. The number of hydrogen-bond donors (Lipinski definition) is 2. The summed E-state index contributed by atoms with van der Waals surface area (Å²) in [6.07, 6.45) is 8.38. The normalized spacial score (nSPS) is 16.2. The summed E-state index contributed by atoms with van der Waals surface area (Å²) < 4.78 is 1.59. The van der Waals surface area contributed by atoms with Gasteiger partial charge in [-0.15, -0.1) is 5.10 Å². The SMILES string of the molecule is NCCn1cc(C(=O)NCCSC2CCCCC2)nn1. The second kappa shape index (κ2) is 8.26. The zero-order valence-corrected chi connectivity index (χ0v) is 12.6. The van der Waals surface area contributed by atoms with Crippen molar-refractivity contribution in [2.75, 3.05) is 18.8 Å². The molecule has 112 valence electrons. The van der Waals surface area contributed by atoms with Gasteiger partial charge in [-0.3, -0.25) is 9.48 Å². The van der Waals surface area contributed by atoms with Gasteiger partial charge in [0.1, 0.15) is 0 Å². The Kier molecular flexibility index (Phi) is 6.32. The molecule has 20 heavy (non-hydrogen) atoms. The third-order valence-electron chi connectivity index (χ3n) is 3.42. The predicted molar refractivity (Wildman–Crippen MR) is 80.7 cm³/mol. The van der Waals surface area contributed by atoms with Gasteiger partial charge in [0, 0.05) is 24.1 Å². The highest BCUT2D eigenvalue weighted by atomic mass is 32.2. The Morgan fingerprint density at radius 2 is 2.25 bits per heavy atom. The molecule has 6 nitrogen and oxygen atoms in total. The first-order valence-electron chi connectivity index (χ1n) is 7.29. The minimum atomic E-state index is -0.155. The third-order valence-corrected chi connectivity index (χ3v) is 4.81. The highest BCUT2D eigenvalue weighted by Crippen LogP contribution is 2.27. The molecule has 0 saturated heterocycles. The van der Waals surface area contributed by atoms with E-state index in [2.05, 4.69) is 15.6 Å². The fraction of sp³-hybridized carbons (Fsp3) is 0.769. The molecule has 0 radical (unpaired) electrons. The van der Waals surface area contributed by atoms with E-state index >= 15 is 0 Å². The van der Waals surface area contributed by atoms with Gasteiger partial charge >= 0.3 is 0 Å². The number of hydrogen-bond acceptors (Lipinski definition) is 5. The Balaban J connectivity index is 1.63. The minimum Gasteiger partial charge on any atom is -0.350 e. The summed E-state index contributed by atoms with van der Waals surface area (Å²) in [7, 11) is 0. The lowest BCUT2D eigenvalue weighted by atomic mass is 10.0. The average molecular weight is 297 g/mol. The quantitative estimate of drug-likeness (QED) is 0.734. The number of nitrogens with two attached hydrogens (primary N) is 1. The first-order chi connectivity index (χ1) is 9.79. The van der Waals surface area contributed by atoms with Gasteiger partial charge in [-0.2, -0.15) is 11.8 Å². The van der Waals surface area contributed by atoms with Crippen LogP contribution in [-0.4, -0.2) is 45.0 Å². The molecule has 1 aliphatic rings. The molecule has 1 aliphatic carbocycles. The maximum absolute atomic E-state index is 11.8. The van der Waals surface area contributed by atoms with Crippen molar-refractivity contribution in [3.8, 4) is 0 Å². The van der Waals surface area contributed by atoms with Crippen LogP contribution >= 0.6 is 11.8 Å². The van der Waals surface area contributed by atoms with Crippen LogP contribution < -0.4 is 11.1 Å².